The lowest BCUT2D eigenvalue weighted by atomic mass is 9.94. The van der Waals surface area contributed by atoms with Crippen molar-refractivity contribution in [2.24, 2.45) is 0 Å². The fourth-order valence-electron chi connectivity index (χ4n) is 4.87. The average Bonchev–Trinajstić information content (AvgIpc) is 3.33. The average molecular weight is 537 g/mol. The summed E-state index contributed by atoms with van der Waals surface area (Å²) in [6.07, 6.45) is 1.45. The first-order chi connectivity index (χ1) is 19.1. The Morgan fingerprint density at radius 2 is 1.65 bits per heavy atom. The molecule has 3 aromatic carbocycles. The van der Waals surface area contributed by atoms with Crippen molar-refractivity contribution in [3.05, 3.63) is 122 Å². The standard InChI is InChI=1S/C30H28N6O4/c1-17-6-5-7-22(15-17)33-29(37)24-16-31-35-27(21-9-11-23(12-10-21)36(39)40)26(20(4)32-28(24)35)30(38)34-25-13-8-18(2)14-19(25)3/h5-16,27,32H,1-4H3,(H,33,37)(H,34,38)/t27-/m1/s1. The Balaban J connectivity index is 1.56. The van der Waals surface area contributed by atoms with Gasteiger partial charge in [0.1, 0.15) is 17.4 Å². The highest BCUT2D eigenvalue weighted by atomic mass is 16.6. The molecule has 1 atom stereocenters. The van der Waals surface area contributed by atoms with Crippen molar-refractivity contribution in [3.8, 4) is 0 Å². The summed E-state index contributed by atoms with van der Waals surface area (Å²) in [5.74, 6) is -0.306. The van der Waals surface area contributed by atoms with Gasteiger partial charge in [0.15, 0.2) is 0 Å². The van der Waals surface area contributed by atoms with Gasteiger partial charge in [0, 0.05) is 29.2 Å². The lowest BCUT2D eigenvalue weighted by Gasteiger charge is -2.30. The van der Waals surface area contributed by atoms with E-state index in [0.717, 1.165) is 16.7 Å². The zero-order chi connectivity index (χ0) is 28.6. The Morgan fingerprint density at radius 3 is 2.33 bits per heavy atom. The third kappa shape index (κ3) is 5.06. The first-order valence-corrected chi connectivity index (χ1v) is 12.7. The maximum absolute atomic E-state index is 13.8. The minimum atomic E-state index is -0.747. The van der Waals surface area contributed by atoms with Gasteiger partial charge in [-0.1, -0.05) is 29.8 Å². The van der Waals surface area contributed by atoms with Crippen LogP contribution in [0.4, 0.5) is 22.9 Å². The van der Waals surface area contributed by atoms with Crippen LogP contribution in [0.3, 0.4) is 0 Å². The maximum Gasteiger partial charge on any atom is 0.269 e. The van der Waals surface area contributed by atoms with Gasteiger partial charge >= 0.3 is 0 Å². The van der Waals surface area contributed by atoms with Crippen LogP contribution in [0.5, 0.6) is 0 Å². The summed E-state index contributed by atoms with van der Waals surface area (Å²) in [6.45, 7) is 7.59. The molecule has 10 nitrogen and oxygen atoms in total. The van der Waals surface area contributed by atoms with Gasteiger partial charge in [-0.05, 0) is 74.7 Å². The number of aromatic nitrogens is 2. The molecule has 0 fully saturated rings. The van der Waals surface area contributed by atoms with E-state index in [1.165, 1.54) is 18.3 Å². The Morgan fingerprint density at radius 1 is 0.925 bits per heavy atom. The topological polar surface area (TPSA) is 131 Å². The predicted molar refractivity (Wildman–Crippen MR) is 153 cm³/mol. The van der Waals surface area contributed by atoms with E-state index in [2.05, 4.69) is 21.0 Å². The van der Waals surface area contributed by atoms with E-state index < -0.39 is 11.0 Å². The molecule has 202 valence electrons. The van der Waals surface area contributed by atoms with Crippen LogP contribution in [-0.2, 0) is 4.79 Å². The minimum Gasteiger partial charge on any atom is -0.343 e. The zero-order valence-electron chi connectivity index (χ0n) is 22.5. The molecule has 1 aromatic heterocycles. The third-order valence-electron chi connectivity index (χ3n) is 6.84. The van der Waals surface area contributed by atoms with Crippen molar-refractivity contribution in [2.45, 2.75) is 33.7 Å². The number of allylic oxidation sites excluding steroid dienone is 1. The Bertz CT molecular complexity index is 1690. The number of carbonyl (C=O) groups is 2. The number of nitrogens with zero attached hydrogens (tertiary/aromatic N) is 3. The van der Waals surface area contributed by atoms with E-state index in [0.29, 0.717) is 39.6 Å². The molecule has 0 radical (unpaired) electrons. The largest absolute Gasteiger partial charge is 0.343 e. The molecule has 3 N–H and O–H groups in total. The molecular weight excluding hydrogens is 508 g/mol. The Hall–Kier alpha value is -5.25. The van der Waals surface area contributed by atoms with Crippen LogP contribution in [0.1, 0.15) is 45.6 Å². The van der Waals surface area contributed by atoms with Gasteiger partial charge < -0.3 is 16.0 Å². The summed E-state index contributed by atoms with van der Waals surface area (Å²) in [6, 6.07) is 18.4. The molecule has 1 aliphatic rings. The van der Waals surface area contributed by atoms with Gasteiger partial charge in [0.05, 0.1) is 16.7 Å². The highest BCUT2D eigenvalue weighted by molar-refractivity contribution is 6.09. The van der Waals surface area contributed by atoms with Gasteiger partial charge in [-0.3, -0.25) is 19.7 Å². The fourth-order valence-corrected chi connectivity index (χ4v) is 4.87. The number of amides is 2. The number of hydrogen-bond acceptors (Lipinski definition) is 6. The molecule has 1 aliphatic heterocycles. The van der Waals surface area contributed by atoms with E-state index in [1.54, 1.807) is 29.8 Å². The maximum atomic E-state index is 13.8. The fraction of sp³-hybridized carbons (Fsp3) is 0.167. The third-order valence-corrected chi connectivity index (χ3v) is 6.84. The van der Waals surface area contributed by atoms with Gasteiger partial charge in [-0.15, -0.1) is 0 Å². The molecule has 4 aromatic rings. The summed E-state index contributed by atoms with van der Waals surface area (Å²) in [5.41, 5.74) is 6.04. The second-order valence-electron chi connectivity index (χ2n) is 9.86. The number of anilines is 3. The van der Waals surface area contributed by atoms with Crippen molar-refractivity contribution in [1.29, 1.82) is 0 Å². The van der Waals surface area contributed by atoms with E-state index in [4.69, 9.17) is 0 Å². The van der Waals surface area contributed by atoms with Gasteiger partial charge in [-0.2, -0.15) is 5.10 Å². The molecule has 0 bridgehead atoms. The van der Waals surface area contributed by atoms with E-state index >= 15 is 0 Å². The normalized spacial score (nSPS) is 14.2. The number of benzene rings is 3. The first-order valence-electron chi connectivity index (χ1n) is 12.7. The molecule has 0 unspecified atom stereocenters. The number of nitro groups is 1. The van der Waals surface area contributed by atoms with Crippen molar-refractivity contribution in [3.63, 3.8) is 0 Å². The van der Waals surface area contributed by atoms with Crippen LogP contribution in [0.2, 0.25) is 0 Å². The lowest BCUT2D eigenvalue weighted by molar-refractivity contribution is -0.384. The Kier molecular flexibility index (Phi) is 6.91. The molecule has 2 amide bonds. The van der Waals surface area contributed by atoms with Crippen molar-refractivity contribution in [2.75, 3.05) is 16.0 Å². The minimum absolute atomic E-state index is 0.0708. The van der Waals surface area contributed by atoms with Crippen molar-refractivity contribution < 1.29 is 14.5 Å². The summed E-state index contributed by atoms with van der Waals surface area (Å²) < 4.78 is 1.57. The van der Waals surface area contributed by atoms with Crippen molar-refractivity contribution in [1.82, 2.24) is 9.78 Å². The summed E-state index contributed by atoms with van der Waals surface area (Å²) in [5, 5.41) is 24.9. The lowest BCUT2D eigenvalue weighted by Crippen LogP contribution is -2.32. The summed E-state index contributed by atoms with van der Waals surface area (Å²) in [7, 11) is 0. The molecule has 10 heteroatoms. The highest BCUT2D eigenvalue weighted by Gasteiger charge is 2.35. The van der Waals surface area contributed by atoms with Crippen LogP contribution in [-0.4, -0.2) is 26.5 Å². The second-order valence-corrected chi connectivity index (χ2v) is 9.86. The van der Waals surface area contributed by atoms with Crippen LogP contribution in [0.15, 0.2) is 84.2 Å². The zero-order valence-corrected chi connectivity index (χ0v) is 22.5. The first kappa shape index (κ1) is 26.4. The molecule has 0 aliphatic carbocycles. The van der Waals surface area contributed by atoms with E-state index in [1.807, 2.05) is 57.2 Å². The quantitative estimate of drug-likeness (QED) is 0.208. The van der Waals surface area contributed by atoms with Crippen LogP contribution >= 0.6 is 0 Å². The van der Waals surface area contributed by atoms with Crippen LogP contribution < -0.4 is 16.0 Å². The molecule has 40 heavy (non-hydrogen) atoms. The predicted octanol–water partition coefficient (Wildman–Crippen LogP) is 5.90. The molecule has 0 spiro atoms. The van der Waals surface area contributed by atoms with E-state index in [-0.39, 0.29) is 17.5 Å². The highest BCUT2D eigenvalue weighted by Crippen LogP contribution is 2.38. The number of non-ortho nitro benzene ring substituents is 1. The van der Waals surface area contributed by atoms with Crippen molar-refractivity contribution >= 4 is 34.7 Å². The smallest absolute Gasteiger partial charge is 0.269 e. The number of carbonyl (C=O) groups excluding carboxylic acids is 2. The number of rotatable bonds is 6. The summed E-state index contributed by atoms with van der Waals surface area (Å²) >= 11 is 0. The number of hydrogen-bond donors (Lipinski definition) is 3. The Labute approximate surface area is 230 Å². The summed E-state index contributed by atoms with van der Waals surface area (Å²) in [4.78, 5) is 37.8. The number of fused-ring (bicyclic) bond motifs is 1. The monoisotopic (exact) mass is 536 g/mol. The number of nitro benzene ring substituents is 1. The number of aryl methyl sites for hydroxylation is 3. The van der Waals surface area contributed by atoms with Gasteiger partial charge in [0.25, 0.3) is 17.5 Å². The molecule has 0 saturated heterocycles. The van der Waals surface area contributed by atoms with E-state index in [9.17, 15) is 19.7 Å². The molecule has 5 rings (SSSR count). The molecule has 0 saturated carbocycles. The van der Waals surface area contributed by atoms with Gasteiger partial charge in [0.2, 0.25) is 0 Å². The second kappa shape index (κ2) is 10.5. The SMILES string of the molecule is CC1=C(C(=O)Nc2ccc(C)cc2C)[C@@H](c2ccc([N+](=O)[O-])cc2)n2ncc(C(=O)Nc3cccc(C)c3)c2N1. The van der Waals surface area contributed by atoms with Gasteiger partial charge in [-0.25, -0.2) is 4.68 Å². The van der Waals surface area contributed by atoms with Crippen LogP contribution in [0.25, 0.3) is 0 Å². The number of nitrogens with one attached hydrogen (secondary N) is 3. The molecule has 2 heterocycles. The molecular formula is C30H28N6O4. The van der Waals surface area contributed by atoms with Crippen LogP contribution in [0, 0.1) is 30.9 Å².